The van der Waals surface area contributed by atoms with Crippen molar-refractivity contribution in [2.75, 3.05) is 6.54 Å². The Morgan fingerprint density at radius 2 is 1.59 bits per heavy atom. The van der Waals surface area contributed by atoms with Gasteiger partial charge in [0, 0.05) is 11.3 Å². The number of hydrogen-bond acceptors (Lipinski definition) is 4. The zero-order chi connectivity index (χ0) is 19.6. The van der Waals surface area contributed by atoms with Crippen LogP contribution in [0.25, 0.3) is 0 Å². The van der Waals surface area contributed by atoms with Crippen LogP contribution in [0.3, 0.4) is 0 Å². The van der Waals surface area contributed by atoms with E-state index in [0.717, 1.165) is 17.7 Å². The first-order valence-electron chi connectivity index (χ1n) is 10.3. The van der Waals surface area contributed by atoms with E-state index in [0.29, 0.717) is 6.42 Å². The lowest BCUT2D eigenvalue weighted by atomic mass is 10.1. The standard InChI is InChI=1S/C21H35N3O2S/c1-2-3-4-5-6-7-8-9-10-11-12-15-20(25)22-18-21(26)24-23-17-19-14-13-16-27-19/h13-14,16-17H,2-12,15,18H2,1H3,(H,22,25)(H,24,26)/b23-17-. The molecule has 2 N–H and O–H groups in total. The molecule has 1 aromatic heterocycles. The van der Waals surface area contributed by atoms with Gasteiger partial charge in [0.05, 0.1) is 12.8 Å². The summed E-state index contributed by atoms with van der Waals surface area (Å²) in [6.07, 6.45) is 16.0. The third kappa shape index (κ3) is 14.1. The summed E-state index contributed by atoms with van der Waals surface area (Å²) in [5.41, 5.74) is 2.41. The van der Waals surface area contributed by atoms with Crippen LogP contribution in [0.1, 0.15) is 88.9 Å². The number of amides is 2. The summed E-state index contributed by atoms with van der Waals surface area (Å²) in [7, 11) is 0. The molecule has 0 fully saturated rings. The topological polar surface area (TPSA) is 70.6 Å². The Balaban J connectivity index is 1.88. The second-order valence-corrected chi connectivity index (χ2v) is 7.85. The van der Waals surface area contributed by atoms with Gasteiger partial charge in [-0.3, -0.25) is 9.59 Å². The quantitative estimate of drug-likeness (QED) is 0.235. The zero-order valence-corrected chi connectivity index (χ0v) is 17.5. The maximum absolute atomic E-state index is 11.7. The van der Waals surface area contributed by atoms with Gasteiger partial charge in [-0.15, -0.1) is 11.3 Å². The molecule has 0 unspecified atom stereocenters. The van der Waals surface area contributed by atoms with Gasteiger partial charge in [0.2, 0.25) is 5.91 Å². The van der Waals surface area contributed by atoms with E-state index in [4.69, 9.17) is 0 Å². The number of nitrogens with zero attached hydrogens (tertiary/aromatic N) is 1. The largest absolute Gasteiger partial charge is 0.347 e. The average Bonchev–Trinajstić information content (AvgIpc) is 3.18. The molecule has 0 saturated heterocycles. The van der Waals surface area contributed by atoms with Gasteiger partial charge < -0.3 is 5.32 Å². The third-order valence-corrected chi connectivity index (χ3v) is 5.18. The molecule has 0 radical (unpaired) electrons. The molecular formula is C21H35N3O2S. The lowest BCUT2D eigenvalue weighted by molar-refractivity contribution is -0.126. The van der Waals surface area contributed by atoms with Crippen molar-refractivity contribution in [3.63, 3.8) is 0 Å². The number of hydrogen-bond donors (Lipinski definition) is 2. The van der Waals surface area contributed by atoms with E-state index in [2.05, 4.69) is 22.8 Å². The second kappa shape index (κ2) is 16.5. The molecule has 0 aromatic carbocycles. The SMILES string of the molecule is CCCCCCCCCCCCCC(=O)NCC(=O)N/N=C\c1cccs1. The minimum absolute atomic E-state index is 0.0291. The number of carbonyl (C=O) groups is 2. The number of unbranched alkanes of at least 4 members (excludes halogenated alkanes) is 10. The van der Waals surface area contributed by atoms with Gasteiger partial charge in [-0.2, -0.15) is 5.10 Å². The van der Waals surface area contributed by atoms with Crippen molar-refractivity contribution in [3.8, 4) is 0 Å². The smallest absolute Gasteiger partial charge is 0.259 e. The maximum Gasteiger partial charge on any atom is 0.259 e. The highest BCUT2D eigenvalue weighted by atomic mass is 32.1. The van der Waals surface area contributed by atoms with Crippen molar-refractivity contribution in [3.05, 3.63) is 22.4 Å². The van der Waals surface area contributed by atoms with Gasteiger partial charge in [0.25, 0.3) is 5.91 Å². The van der Waals surface area contributed by atoms with Crippen LogP contribution in [0.15, 0.2) is 22.6 Å². The molecule has 2 amide bonds. The lowest BCUT2D eigenvalue weighted by Gasteiger charge is -2.05. The van der Waals surface area contributed by atoms with Crippen LogP contribution in [0.2, 0.25) is 0 Å². The van der Waals surface area contributed by atoms with Crippen LogP contribution in [0.4, 0.5) is 0 Å². The summed E-state index contributed by atoms with van der Waals surface area (Å²) in [5.74, 6) is -0.376. The monoisotopic (exact) mass is 393 g/mol. The van der Waals surface area contributed by atoms with Crippen LogP contribution in [-0.2, 0) is 9.59 Å². The summed E-state index contributed by atoms with van der Waals surface area (Å²) < 4.78 is 0. The van der Waals surface area contributed by atoms with E-state index >= 15 is 0 Å². The predicted octanol–water partition coefficient (Wildman–Crippen LogP) is 5.02. The van der Waals surface area contributed by atoms with Crippen molar-refractivity contribution < 1.29 is 9.59 Å². The van der Waals surface area contributed by atoms with Gasteiger partial charge in [0.1, 0.15) is 0 Å². The molecule has 0 aliphatic carbocycles. The molecule has 152 valence electrons. The van der Waals surface area contributed by atoms with Gasteiger partial charge >= 0.3 is 0 Å². The highest BCUT2D eigenvalue weighted by Crippen LogP contribution is 2.11. The van der Waals surface area contributed by atoms with Gasteiger partial charge in [0.15, 0.2) is 0 Å². The first kappa shape index (κ1) is 23.3. The zero-order valence-electron chi connectivity index (χ0n) is 16.7. The molecular weight excluding hydrogens is 358 g/mol. The van der Waals surface area contributed by atoms with Crippen LogP contribution in [0.5, 0.6) is 0 Å². The maximum atomic E-state index is 11.7. The van der Waals surface area contributed by atoms with Crippen molar-refractivity contribution >= 4 is 29.4 Å². The molecule has 0 spiro atoms. The molecule has 0 bridgehead atoms. The highest BCUT2D eigenvalue weighted by molar-refractivity contribution is 7.11. The van der Waals surface area contributed by atoms with E-state index in [-0.39, 0.29) is 18.4 Å². The second-order valence-electron chi connectivity index (χ2n) is 6.87. The van der Waals surface area contributed by atoms with Crippen molar-refractivity contribution in [2.24, 2.45) is 5.10 Å². The predicted molar refractivity (Wildman–Crippen MR) is 114 cm³/mol. The Hall–Kier alpha value is -1.69. The van der Waals surface area contributed by atoms with E-state index < -0.39 is 0 Å². The van der Waals surface area contributed by atoms with E-state index in [1.54, 1.807) is 17.6 Å². The number of hydrazone groups is 1. The fourth-order valence-electron chi connectivity index (χ4n) is 2.79. The first-order chi connectivity index (χ1) is 13.2. The van der Waals surface area contributed by atoms with Crippen LogP contribution in [-0.4, -0.2) is 24.6 Å². The molecule has 0 aliphatic rings. The number of nitrogens with one attached hydrogen (secondary N) is 2. The Morgan fingerprint density at radius 1 is 0.963 bits per heavy atom. The molecule has 0 atom stereocenters. The number of carbonyl (C=O) groups excluding carboxylic acids is 2. The molecule has 1 rings (SSSR count). The fraction of sp³-hybridized carbons (Fsp3) is 0.667. The summed E-state index contributed by atoms with van der Waals surface area (Å²) in [4.78, 5) is 24.3. The van der Waals surface area contributed by atoms with Crippen LogP contribution < -0.4 is 10.7 Å². The van der Waals surface area contributed by atoms with Crippen molar-refractivity contribution in [2.45, 2.75) is 84.0 Å². The molecule has 0 saturated carbocycles. The third-order valence-electron chi connectivity index (χ3n) is 4.38. The normalized spacial score (nSPS) is 11.0. The molecule has 0 aliphatic heterocycles. The molecule has 1 aromatic rings. The number of thiophene rings is 1. The van der Waals surface area contributed by atoms with Gasteiger partial charge in [-0.1, -0.05) is 77.2 Å². The fourth-order valence-corrected chi connectivity index (χ4v) is 3.37. The van der Waals surface area contributed by atoms with Crippen LogP contribution >= 0.6 is 11.3 Å². The molecule has 27 heavy (non-hydrogen) atoms. The van der Waals surface area contributed by atoms with Crippen molar-refractivity contribution in [1.82, 2.24) is 10.7 Å². The minimum atomic E-state index is -0.310. The van der Waals surface area contributed by atoms with E-state index in [1.807, 2.05) is 17.5 Å². The van der Waals surface area contributed by atoms with Crippen LogP contribution in [0, 0.1) is 0 Å². The Kier molecular flexibility index (Phi) is 14.3. The Morgan fingerprint density at radius 3 is 2.19 bits per heavy atom. The summed E-state index contributed by atoms with van der Waals surface area (Å²) in [6.45, 7) is 2.22. The Labute approximate surface area is 168 Å². The Bertz CT molecular complexity index is 530. The van der Waals surface area contributed by atoms with E-state index in [1.165, 1.54) is 57.8 Å². The minimum Gasteiger partial charge on any atom is -0.347 e. The van der Waals surface area contributed by atoms with Gasteiger partial charge in [-0.25, -0.2) is 5.43 Å². The van der Waals surface area contributed by atoms with Crippen molar-refractivity contribution in [1.29, 1.82) is 0 Å². The lowest BCUT2D eigenvalue weighted by Crippen LogP contribution is -2.34. The molecule has 6 heteroatoms. The summed E-state index contributed by atoms with van der Waals surface area (Å²) in [5, 5.41) is 8.44. The summed E-state index contributed by atoms with van der Waals surface area (Å²) in [6, 6.07) is 3.83. The highest BCUT2D eigenvalue weighted by Gasteiger charge is 2.04. The first-order valence-corrected chi connectivity index (χ1v) is 11.2. The summed E-state index contributed by atoms with van der Waals surface area (Å²) >= 11 is 1.54. The van der Waals surface area contributed by atoms with Gasteiger partial charge in [-0.05, 0) is 17.9 Å². The van der Waals surface area contributed by atoms with E-state index in [9.17, 15) is 9.59 Å². The molecule has 5 nitrogen and oxygen atoms in total. The number of rotatable bonds is 16. The average molecular weight is 394 g/mol. The molecule has 1 heterocycles.